The van der Waals surface area contributed by atoms with Gasteiger partial charge in [0, 0.05) is 25.3 Å². The third-order valence-electron chi connectivity index (χ3n) is 8.81. The van der Waals surface area contributed by atoms with Gasteiger partial charge in [-0.25, -0.2) is 4.57 Å². The highest BCUT2D eigenvalue weighted by molar-refractivity contribution is 7.47. The molecule has 312 valence electrons. The number of hydrogen-bond donors (Lipinski definition) is 3. The number of aliphatic hydroxyl groups excluding tert-OH is 1. The highest BCUT2D eigenvalue weighted by Crippen LogP contribution is 2.43. The standard InChI is InChI=1S/C43H70NO10P/c1-3-5-7-8-9-10-11-12-13-14-15-16-17-18-23-27-42(47)51-35-39(36-53-55(49,50)52-34-33-44)54-43(48)28-24-20-19-22-25-37-29-32-41(46)40(37)31-30-38(45)26-21-6-4-2/h9-10,12-13,15-16,19,22,29-32,37-40,45H,3-8,11,14,17-18,20-21,23-28,33-36,44H2,1-2H3,(H,49,50)/b10-9-,13-12-,16-15-,22-19-,31-30+/t37-,38-,39+,40+/m0/s1. The third-order valence-corrected chi connectivity index (χ3v) is 9.80. The maximum Gasteiger partial charge on any atom is 0.472 e. The average Bonchev–Trinajstić information content (AvgIpc) is 3.52. The molecular weight excluding hydrogens is 721 g/mol. The minimum Gasteiger partial charge on any atom is -0.462 e. The molecule has 1 aliphatic rings. The van der Waals surface area contributed by atoms with Gasteiger partial charge in [0.05, 0.1) is 19.3 Å². The van der Waals surface area contributed by atoms with Crippen molar-refractivity contribution in [3.63, 3.8) is 0 Å². The van der Waals surface area contributed by atoms with E-state index >= 15 is 0 Å². The monoisotopic (exact) mass is 791 g/mol. The molecule has 1 rings (SSSR count). The number of allylic oxidation sites excluding steroid dienone is 11. The lowest BCUT2D eigenvalue weighted by atomic mass is 9.90. The Labute approximate surface area is 330 Å². The van der Waals surface area contributed by atoms with Gasteiger partial charge in [0.1, 0.15) is 6.61 Å². The van der Waals surface area contributed by atoms with Crippen LogP contribution < -0.4 is 5.73 Å². The molecule has 0 radical (unpaired) electrons. The van der Waals surface area contributed by atoms with E-state index in [9.17, 15) is 28.9 Å². The summed E-state index contributed by atoms with van der Waals surface area (Å²) >= 11 is 0. The number of hydrogen-bond acceptors (Lipinski definition) is 10. The average molecular weight is 792 g/mol. The summed E-state index contributed by atoms with van der Waals surface area (Å²) in [6.45, 7) is 3.29. The van der Waals surface area contributed by atoms with Crippen molar-refractivity contribution in [2.75, 3.05) is 26.4 Å². The van der Waals surface area contributed by atoms with Gasteiger partial charge in [-0.05, 0) is 82.6 Å². The molecule has 0 spiro atoms. The molecule has 12 heteroatoms. The van der Waals surface area contributed by atoms with Crippen LogP contribution in [-0.2, 0) is 37.5 Å². The van der Waals surface area contributed by atoms with Crippen LogP contribution in [0.1, 0.15) is 129 Å². The van der Waals surface area contributed by atoms with E-state index in [0.29, 0.717) is 32.1 Å². The van der Waals surface area contributed by atoms with Crippen LogP contribution in [0.3, 0.4) is 0 Å². The van der Waals surface area contributed by atoms with Gasteiger partial charge in [-0.1, -0.05) is 113 Å². The Bertz CT molecular complexity index is 1270. The summed E-state index contributed by atoms with van der Waals surface area (Å²) in [5.41, 5.74) is 5.33. The van der Waals surface area contributed by atoms with Gasteiger partial charge in [0.15, 0.2) is 11.9 Å². The van der Waals surface area contributed by atoms with E-state index in [1.54, 1.807) is 12.2 Å². The molecule has 4 N–H and O–H groups in total. The highest BCUT2D eigenvalue weighted by atomic mass is 31.2. The summed E-state index contributed by atoms with van der Waals surface area (Å²) in [4.78, 5) is 47.3. The van der Waals surface area contributed by atoms with Crippen molar-refractivity contribution in [1.29, 1.82) is 0 Å². The van der Waals surface area contributed by atoms with Crippen molar-refractivity contribution in [2.24, 2.45) is 17.6 Å². The van der Waals surface area contributed by atoms with Gasteiger partial charge in [-0.2, -0.15) is 0 Å². The number of phosphoric ester groups is 1. The van der Waals surface area contributed by atoms with Crippen LogP contribution in [0.2, 0.25) is 0 Å². The molecule has 0 fully saturated rings. The fourth-order valence-electron chi connectivity index (χ4n) is 5.63. The second-order valence-corrected chi connectivity index (χ2v) is 15.3. The maximum absolute atomic E-state index is 12.6. The molecule has 0 bridgehead atoms. The first kappa shape index (κ1) is 50.1. The molecular formula is C43H70NO10P. The topological polar surface area (TPSA) is 172 Å². The summed E-state index contributed by atoms with van der Waals surface area (Å²) in [6.07, 6.45) is 37.1. The number of rotatable bonds is 34. The van der Waals surface area contributed by atoms with E-state index in [2.05, 4.69) is 50.3 Å². The lowest BCUT2D eigenvalue weighted by Gasteiger charge is -2.19. The molecule has 55 heavy (non-hydrogen) atoms. The smallest absolute Gasteiger partial charge is 0.462 e. The van der Waals surface area contributed by atoms with Crippen LogP contribution in [0.5, 0.6) is 0 Å². The van der Waals surface area contributed by atoms with E-state index < -0.39 is 38.6 Å². The lowest BCUT2D eigenvalue weighted by molar-refractivity contribution is -0.161. The van der Waals surface area contributed by atoms with Crippen molar-refractivity contribution in [2.45, 2.75) is 142 Å². The molecule has 0 heterocycles. The highest BCUT2D eigenvalue weighted by Gasteiger charge is 2.27. The zero-order chi connectivity index (χ0) is 40.4. The van der Waals surface area contributed by atoms with Crippen LogP contribution in [0.25, 0.3) is 0 Å². The maximum atomic E-state index is 12.6. The van der Waals surface area contributed by atoms with E-state index in [0.717, 1.165) is 51.4 Å². The SMILES string of the molecule is CCCCC/C=C\C/C=C\C/C=C\CCCCC(=O)OC[C@H](COP(=O)(O)OCCN)OC(=O)CCC/C=C\C[C@H]1C=CC(=O)[C@@H]1/C=C/[C@@H](O)CCCCC. The van der Waals surface area contributed by atoms with E-state index in [1.807, 2.05) is 24.3 Å². The van der Waals surface area contributed by atoms with Crippen molar-refractivity contribution >= 4 is 25.5 Å². The Balaban J connectivity index is 2.44. The summed E-state index contributed by atoms with van der Waals surface area (Å²) < 4.78 is 32.6. The van der Waals surface area contributed by atoms with Gasteiger partial charge in [0.2, 0.25) is 0 Å². The van der Waals surface area contributed by atoms with Crippen molar-refractivity contribution in [3.05, 3.63) is 72.9 Å². The van der Waals surface area contributed by atoms with Gasteiger partial charge >= 0.3 is 19.8 Å². The first-order valence-electron chi connectivity index (χ1n) is 20.5. The second kappa shape index (κ2) is 33.2. The Morgan fingerprint density at radius 1 is 0.818 bits per heavy atom. The number of aliphatic hydroxyl groups is 1. The lowest BCUT2D eigenvalue weighted by Crippen LogP contribution is -2.29. The molecule has 0 aliphatic heterocycles. The number of ketones is 1. The summed E-state index contributed by atoms with van der Waals surface area (Å²) in [5.74, 6) is -1.28. The molecule has 0 amide bonds. The number of esters is 2. The minimum absolute atomic E-state index is 0.0127. The molecule has 1 unspecified atom stereocenters. The predicted octanol–water partition coefficient (Wildman–Crippen LogP) is 9.11. The number of carbonyl (C=O) groups is 3. The van der Waals surface area contributed by atoms with Gasteiger partial charge in [0.25, 0.3) is 0 Å². The van der Waals surface area contributed by atoms with Crippen LogP contribution in [0.15, 0.2) is 72.9 Å². The Morgan fingerprint density at radius 2 is 1.44 bits per heavy atom. The predicted molar refractivity (Wildman–Crippen MR) is 219 cm³/mol. The van der Waals surface area contributed by atoms with Gasteiger partial charge < -0.3 is 25.2 Å². The Hall–Kier alpha value is -2.92. The van der Waals surface area contributed by atoms with Gasteiger partial charge in [-0.3, -0.25) is 23.4 Å². The van der Waals surface area contributed by atoms with E-state index in [1.165, 1.54) is 19.3 Å². The quantitative estimate of drug-likeness (QED) is 0.0246. The zero-order valence-electron chi connectivity index (χ0n) is 33.5. The second-order valence-electron chi connectivity index (χ2n) is 13.8. The largest absolute Gasteiger partial charge is 0.472 e. The van der Waals surface area contributed by atoms with Crippen LogP contribution in [-0.4, -0.2) is 66.3 Å². The summed E-state index contributed by atoms with van der Waals surface area (Å²) in [5, 5.41) is 10.2. The molecule has 0 aromatic heterocycles. The number of ether oxygens (including phenoxy) is 2. The van der Waals surface area contributed by atoms with Crippen molar-refractivity contribution < 1.29 is 47.5 Å². The van der Waals surface area contributed by atoms with Crippen LogP contribution in [0.4, 0.5) is 0 Å². The molecule has 0 aromatic carbocycles. The summed E-state index contributed by atoms with van der Waals surface area (Å²) in [6, 6.07) is 0. The molecule has 0 aromatic rings. The zero-order valence-corrected chi connectivity index (χ0v) is 34.4. The number of phosphoric acid groups is 1. The molecule has 5 atom stereocenters. The van der Waals surface area contributed by atoms with E-state index in [-0.39, 0.29) is 50.2 Å². The third kappa shape index (κ3) is 28.2. The molecule has 1 aliphatic carbocycles. The normalized spacial score (nSPS) is 18.4. The molecule has 0 saturated carbocycles. The van der Waals surface area contributed by atoms with Crippen LogP contribution >= 0.6 is 7.82 Å². The fraction of sp³-hybridized carbons (Fsp3) is 0.651. The number of nitrogens with two attached hydrogens (primary N) is 1. The first-order valence-corrected chi connectivity index (χ1v) is 22.0. The molecule has 11 nitrogen and oxygen atoms in total. The number of carbonyl (C=O) groups excluding carboxylic acids is 3. The van der Waals surface area contributed by atoms with Gasteiger partial charge in [-0.15, -0.1) is 0 Å². The first-order chi connectivity index (χ1) is 26.6. The fourth-order valence-corrected chi connectivity index (χ4v) is 6.39. The van der Waals surface area contributed by atoms with Crippen molar-refractivity contribution in [3.8, 4) is 0 Å². The summed E-state index contributed by atoms with van der Waals surface area (Å²) in [7, 11) is -4.44. The number of unbranched alkanes of at least 4 members (excludes halogenated alkanes) is 8. The minimum atomic E-state index is -4.44. The molecule has 0 saturated heterocycles. The van der Waals surface area contributed by atoms with E-state index in [4.69, 9.17) is 24.3 Å². The van der Waals surface area contributed by atoms with Crippen LogP contribution in [0, 0.1) is 11.8 Å². The van der Waals surface area contributed by atoms with Crippen molar-refractivity contribution in [1.82, 2.24) is 0 Å². The Kier molecular flexibility index (Phi) is 30.3. The Morgan fingerprint density at radius 3 is 2.13 bits per heavy atom.